The lowest BCUT2D eigenvalue weighted by Crippen LogP contribution is -2.64. The number of phosphoric ester groups is 1. The second-order valence-electron chi connectivity index (χ2n) is 18.0. The molecule has 13 nitrogen and oxygen atoms in total. The van der Waals surface area contributed by atoms with Crippen LogP contribution < -0.4 is 0 Å². The van der Waals surface area contributed by atoms with E-state index in [1.807, 2.05) is 18.2 Å². The molecule has 1 aliphatic rings. The first kappa shape index (κ1) is 62.6. The number of carbonyl (C=O) groups excluding carboxylic acids is 2. The molecule has 1 fully saturated rings. The number of aliphatic hydroxyl groups is 5. The van der Waals surface area contributed by atoms with E-state index in [4.69, 9.17) is 18.5 Å². The van der Waals surface area contributed by atoms with Crippen LogP contribution in [0.15, 0.2) is 60.8 Å². The molecular weight excluding hydrogens is 876 g/mol. The molecule has 6 unspecified atom stereocenters. The van der Waals surface area contributed by atoms with Crippen LogP contribution in [0.2, 0.25) is 0 Å². The van der Waals surface area contributed by atoms with Gasteiger partial charge in [0.1, 0.15) is 43.2 Å². The summed E-state index contributed by atoms with van der Waals surface area (Å²) in [6, 6.07) is 0. The van der Waals surface area contributed by atoms with Gasteiger partial charge in [-0.15, -0.1) is 0 Å². The number of aliphatic hydroxyl groups excluding tert-OH is 5. The summed E-state index contributed by atoms with van der Waals surface area (Å²) in [5, 5.41) is 50.3. The molecule has 14 heteroatoms. The Labute approximate surface area is 404 Å². The van der Waals surface area contributed by atoms with E-state index in [-0.39, 0.29) is 12.8 Å². The predicted octanol–water partition coefficient (Wildman–Crippen LogP) is 11.3. The maximum absolute atomic E-state index is 12.8. The Bertz CT molecular complexity index is 1400. The van der Waals surface area contributed by atoms with Crippen LogP contribution in [0.4, 0.5) is 0 Å². The molecule has 388 valence electrons. The third kappa shape index (κ3) is 34.5. The molecule has 0 aromatic rings. The van der Waals surface area contributed by atoms with E-state index in [0.29, 0.717) is 19.3 Å². The van der Waals surface area contributed by atoms with Gasteiger partial charge in [-0.25, -0.2) is 4.57 Å². The van der Waals surface area contributed by atoms with Gasteiger partial charge >= 0.3 is 19.8 Å². The van der Waals surface area contributed by atoms with Crippen LogP contribution in [0.1, 0.15) is 206 Å². The lowest BCUT2D eigenvalue weighted by molar-refractivity contribution is -0.220. The summed E-state index contributed by atoms with van der Waals surface area (Å²) < 4.78 is 33.6. The minimum Gasteiger partial charge on any atom is -0.462 e. The Morgan fingerprint density at radius 2 is 0.836 bits per heavy atom. The van der Waals surface area contributed by atoms with E-state index in [2.05, 4.69) is 56.4 Å². The van der Waals surface area contributed by atoms with E-state index in [1.165, 1.54) is 116 Å². The average molecular weight is 969 g/mol. The second-order valence-corrected chi connectivity index (χ2v) is 19.4. The molecule has 67 heavy (non-hydrogen) atoms. The molecule has 0 aliphatic heterocycles. The highest BCUT2D eigenvalue weighted by Gasteiger charge is 2.51. The van der Waals surface area contributed by atoms with Crippen LogP contribution in [0.3, 0.4) is 0 Å². The van der Waals surface area contributed by atoms with Gasteiger partial charge in [0, 0.05) is 12.8 Å². The Hall–Kier alpha value is -2.45. The first-order valence-electron chi connectivity index (χ1n) is 26.1. The number of rotatable bonds is 43. The number of esters is 2. The maximum atomic E-state index is 12.8. The molecule has 0 aromatic carbocycles. The molecule has 0 bridgehead atoms. The number of ether oxygens (including phenoxy) is 2. The Kier molecular flexibility index (Phi) is 39.6. The van der Waals surface area contributed by atoms with Gasteiger partial charge in [-0.05, 0) is 51.4 Å². The maximum Gasteiger partial charge on any atom is 0.472 e. The topological polar surface area (TPSA) is 210 Å². The van der Waals surface area contributed by atoms with Gasteiger partial charge in [0.15, 0.2) is 6.10 Å². The van der Waals surface area contributed by atoms with E-state index in [1.54, 1.807) is 0 Å². The van der Waals surface area contributed by atoms with Gasteiger partial charge in [0.2, 0.25) is 0 Å². The van der Waals surface area contributed by atoms with Crippen molar-refractivity contribution >= 4 is 19.8 Å². The van der Waals surface area contributed by atoms with Crippen molar-refractivity contribution in [2.45, 2.75) is 249 Å². The van der Waals surface area contributed by atoms with Crippen molar-refractivity contribution in [2.24, 2.45) is 0 Å². The monoisotopic (exact) mass is 969 g/mol. The quantitative estimate of drug-likeness (QED) is 0.0146. The van der Waals surface area contributed by atoms with Crippen molar-refractivity contribution in [3.05, 3.63) is 60.8 Å². The SMILES string of the molecule is CCCCC/C=C/C/C=C/C/C=C/C/C=C/C/C=C/CCC(=O)O[C@@H](COC(=O)CCCCCCCCCCCCCCCCCCCCC)COP(=O)(O)OC1C(O)C(O)C(O)[C@H](O)C1O. The number of allylic oxidation sites excluding steroid dienone is 10. The Morgan fingerprint density at radius 1 is 0.463 bits per heavy atom. The summed E-state index contributed by atoms with van der Waals surface area (Å²) in [6.45, 7) is 3.24. The molecule has 0 aromatic heterocycles. The smallest absolute Gasteiger partial charge is 0.462 e. The number of hydrogen-bond donors (Lipinski definition) is 6. The zero-order valence-corrected chi connectivity index (χ0v) is 42.3. The van der Waals surface area contributed by atoms with Gasteiger partial charge in [0.25, 0.3) is 0 Å². The summed E-state index contributed by atoms with van der Waals surface area (Å²) >= 11 is 0. The Balaban J connectivity index is 2.45. The third-order valence-electron chi connectivity index (χ3n) is 11.9. The standard InChI is InChI=1S/C53H93O13P/c1-3-5-7-9-11-13-15-17-19-21-23-25-27-29-31-33-35-37-39-41-46(54)63-43-45(44-64-67(61,62)66-53-51(59)49(57)48(56)50(58)52(53)60)65-47(55)42-40-38-36-34-32-30-28-26-24-22-20-18-16-14-12-10-8-6-4-2/h12,14,18,20,24,26,30,32,36,38,45,48-53,56-60H,3-11,13,15-17,19,21-23,25,27-29,31,33-35,37,39-44H2,1-2H3,(H,61,62)/b14-12+,20-18+,26-24+,32-30+,38-36+/t45-,48?,49-,50?,51?,52?,53?/m0/s1. The first-order valence-corrected chi connectivity index (χ1v) is 27.6. The first-order chi connectivity index (χ1) is 32.4. The van der Waals surface area contributed by atoms with Crippen molar-refractivity contribution in [1.29, 1.82) is 0 Å². The highest BCUT2D eigenvalue weighted by molar-refractivity contribution is 7.47. The lowest BCUT2D eigenvalue weighted by Gasteiger charge is -2.41. The van der Waals surface area contributed by atoms with Crippen molar-refractivity contribution < 1.29 is 63.1 Å². The number of phosphoric acid groups is 1. The number of carbonyl (C=O) groups is 2. The van der Waals surface area contributed by atoms with Gasteiger partial charge < -0.3 is 39.9 Å². The van der Waals surface area contributed by atoms with E-state index >= 15 is 0 Å². The van der Waals surface area contributed by atoms with Gasteiger partial charge in [-0.2, -0.15) is 0 Å². The predicted molar refractivity (Wildman–Crippen MR) is 267 cm³/mol. The molecule has 0 saturated heterocycles. The van der Waals surface area contributed by atoms with Crippen LogP contribution in [0.5, 0.6) is 0 Å². The minimum absolute atomic E-state index is 0.0270. The van der Waals surface area contributed by atoms with Crippen LogP contribution in [-0.2, 0) is 32.7 Å². The average Bonchev–Trinajstić information content (AvgIpc) is 3.31. The molecule has 0 radical (unpaired) electrons. The van der Waals surface area contributed by atoms with Crippen LogP contribution >= 0.6 is 7.82 Å². The zero-order chi connectivity index (χ0) is 49.2. The van der Waals surface area contributed by atoms with Crippen molar-refractivity contribution in [3.8, 4) is 0 Å². The fraction of sp³-hybridized carbons (Fsp3) is 0.774. The molecule has 8 atom stereocenters. The molecule has 1 saturated carbocycles. The van der Waals surface area contributed by atoms with E-state index in [9.17, 15) is 44.6 Å². The van der Waals surface area contributed by atoms with Crippen LogP contribution in [0.25, 0.3) is 0 Å². The number of unbranched alkanes of at least 4 members (excludes halogenated alkanes) is 21. The van der Waals surface area contributed by atoms with Gasteiger partial charge in [-0.1, -0.05) is 203 Å². The third-order valence-corrected chi connectivity index (χ3v) is 12.9. The Morgan fingerprint density at radius 3 is 1.28 bits per heavy atom. The van der Waals surface area contributed by atoms with Crippen LogP contribution in [0, 0.1) is 0 Å². The van der Waals surface area contributed by atoms with Gasteiger partial charge in [0.05, 0.1) is 6.61 Å². The lowest BCUT2D eigenvalue weighted by atomic mass is 9.85. The minimum atomic E-state index is -5.14. The molecule has 1 rings (SSSR count). The van der Waals surface area contributed by atoms with Crippen LogP contribution in [-0.4, -0.2) is 98.3 Å². The highest BCUT2D eigenvalue weighted by atomic mass is 31.2. The largest absolute Gasteiger partial charge is 0.472 e. The fourth-order valence-corrected chi connectivity index (χ4v) is 8.66. The van der Waals surface area contributed by atoms with E-state index in [0.717, 1.165) is 44.9 Å². The van der Waals surface area contributed by atoms with Crippen molar-refractivity contribution in [3.63, 3.8) is 0 Å². The fourth-order valence-electron chi connectivity index (χ4n) is 7.68. The van der Waals surface area contributed by atoms with Crippen molar-refractivity contribution in [2.75, 3.05) is 13.2 Å². The summed E-state index contributed by atoms with van der Waals surface area (Å²) in [7, 11) is -5.14. The zero-order valence-electron chi connectivity index (χ0n) is 41.4. The van der Waals surface area contributed by atoms with Crippen molar-refractivity contribution in [1.82, 2.24) is 0 Å². The summed E-state index contributed by atoms with van der Waals surface area (Å²) in [5.74, 6) is -1.19. The summed E-state index contributed by atoms with van der Waals surface area (Å²) in [6.07, 6.45) is 40.0. The number of hydrogen-bond acceptors (Lipinski definition) is 12. The summed E-state index contributed by atoms with van der Waals surface area (Å²) in [4.78, 5) is 35.8. The molecule has 6 N–H and O–H groups in total. The molecule has 1 aliphatic carbocycles. The van der Waals surface area contributed by atoms with E-state index < -0.39 is 75.7 Å². The molecule has 0 spiro atoms. The van der Waals surface area contributed by atoms with Gasteiger partial charge in [-0.3, -0.25) is 18.6 Å². The highest BCUT2D eigenvalue weighted by Crippen LogP contribution is 2.47. The molecule has 0 heterocycles. The normalized spacial score (nSPS) is 21.6. The summed E-state index contributed by atoms with van der Waals surface area (Å²) in [5.41, 5.74) is 0. The molecule has 0 amide bonds. The molecular formula is C53H93O13P. The second kappa shape index (κ2) is 42.4.